The number of ketones is 2. The minimum Gasteiger partial charge on any atom is -0.507 e. The van der Waals surface area contributed by atoms with E-state index in [1.165, 1.54) is 31.2 Å². The first-order valence-electron chi connectivity index (χ1n) is 14.0. The first kappa shape index (κ1) is 31.0. The van der Waals surface area contributed by atoms with Crippen LogP contribution in [-0.4, -0.2) is 33.7 Å². The van der Waals surface area contributed by atoms with Crippen molar-refractivity contribution < 1.29 is 38.9 Å². The van der Waals surface area contributed by atoms with Gasteiger partial charge in [-0.05, 0) is 62.4 Å². The van der Waals surface area contributed by atoms with Crippen LogP contribution in [0.4, 0.5) is 11.4 Å². The Morgan fingerprint density at radius 1 is 0.587 bits per heavy atom. The maximum atomic E-state index is 12.5. The normalized spacial score (nSPS) is 12.2. The quantitative estimate of drug-likeness (QED) is 0.0793. The number of nitrogen functional groups attached to an aromatic ring is 2. The van der Waals surface area contributed by atoms with Crippen molar-refractivity contribution in [1.82, 2.24) is 0 Å². The fraction of sp³-hybridized carbons (Fsp3) is 0.0556. The average Bonchev–Trinajstić information content (AvgIpc) is 3.07. The molecule has 5 aromatic carbocycles. The predicted octanol–water partition coefficient (Wildman–Crippen LogP) is 6.14. The molecule has 6 N–H and O–H groups in total. The molecule has 0 aliphatic heterocycles. The molecule has 46 heavy (non-hydrogen) atoms. The van der Waals surface area contributed by atoms with E-state index in [4.69, 9.17) is 20.9 Å². The molecule has 230 valence electrons. The zero-order chi connectivity index (χ0) is 33.1. The summed E-state index contributed by atoms with van der Waals surface area (Å²) in [5.41, 5.74) is 13.7. The summed E-state index contributed by atoms with van der Waals surface area (Å²) in [6.45, 7) is 3.05. The molecule has 0 atom stereocenters. The number of fused-ring (bicyclic) bond motifs is 2. The number of anilines is 2. The summed E-state index contributed by atoms with van der Waals surface area (Å²) in [6, 6.07) is 25.6. The zero-order valence-corrected chi connectivity index (χ0v) is 24.7. The minimum absolute atomic E-state index is 0.0292. The van der Waals surface area contributed by atoms with Gasteiger partial charge in [0.25, 0.3) is 0 Å². The van der Waals surface area contributed by atoms with Crippen molar-refractivity contribution in [2.45, 2.75) is 13.8 Å². The lowest BCUT2D eigenvalue weighted by Crippen LogP contribution is -2.24. The van der Waals surface area contributed by atoms with E-state index in [2.05, 4.69) is 0 Å². The van der Waals surface area contributed by atoms with E-state index in [1.54, 1.807) is 79.7 Å². The van der Waals surface area contributed by atoms with Crippen molar-refractivity contribution in [3.05, 3.63) is 136 Å². The van der Waals surface area contributed by atoms with Crippen molar-refractivity contribution in [2.24, 2.45) is 0 Å². The van der Waals surface area contributed by atoms with Gasteiger partial charge in [-0.25, -0.2) is 9.59 Å². The van der Waals surface area contributed by atoms with Gasteiger partial charge in [0.05, 0.1) is 11.1 Å². The third kappa shape index (κ3) is 6.00. The second kappa shape index (κ2) is 12.7. The summed E-state index contributed by atoms with van der Waals surface area (Å²) in [4.78, 5) is 49.2. The van der Waals surface area contributed by atoms with Crippen LogP contribution in [0.2, 0.25) is 0 Å². The molecule has 0 radical (unpaired) electrons. The number of ether oxygens (including phenoxy) is 2. The number of carbonyl (C=O) groups excluding carboxylic acids is 4. The standard InChI is InChI=1S/C18H15NO4.C18H13NO4/c2*1-10-15(20)13-4-2-3-5-14(13)16(21)17(10)23-18(22)11-6-8-12(19)9-7-11/h2-9,20-21H,19H2,1H3;2-9H,19H2,1H3. The van der Waals surface area contributed by atoms with Crippen LogP contribution in [0.15, 0.2) is 108 Å². The summed E-state index contributed by atoms with van der Waals surface area (Å²) < 4.78 is 10.5. The van der Waals surface area contributed by atoms with Crippen LogP contribution in [0.5, 0.6) is 17.2 Å². The van der Waals surface area contributed by atoms with Crippen LogP contribution >= 0.6 is 0 Å². The van der Waals surface area contributed by atoms with Gasteiger partial charge in [0, 0.05) is 44.4 Å². The maximum absolute atomic E-state index is 12.5. The molecule has 1 aliphatic rings. The van der Waals surface area contributed by atoms with Gasteiger partial charge in [-0.15, -0.1) is 0 Å². The molecule has 0 amide bonds. The number of aromatic hydroxyl groups is 2. The zero-order valence-electron chi connectivity index (χ0n) is 24.7. The van der Waals surface area contributed by atoms with Crippen LogP contribution in [0.3, 0.4) is 0 Å². The molecule has 10 nitrogen and oxygen atoms in total. The number of allylic oxidation sites excluding steroid dienone is 2. The Morgan fingerprint density at radius 3 is 1.54 bits per heavy atom. The Bertz CT molecular complexity index is 2060. The van der Waals surface area contributed by atoms with E-state index in [-0.39, 0.29) is 45.5 Å². The van der Waals surface area contributed by atoms with Crippen LogP contribution in [0, 0.1) is 6.92 Å². The van der Waals surface area contributed by atoms with E-state index in [0.29, 0.717) is 38.8 Å². The number of phenolic OH excluding ortho intramolecular Hbond substituents is 2. The highest BCUT2D eigenvalue weighted by Crippen LogP contribution is 2.44. The van der Waals surface area contributed by atoms with E-state index in [0.717, 1.165) is 0 Å². The van der Waals surface area contributed by atoms with Crippen LogP contribution < -0.4 is 16.2 Å². The van der Waals surface area contributed by atoms with Crippen molar-refractivity contribution in [3.63, 3.8) is 0 Å². The monoisotopic (exact) mass is 616 g/mol. The number of esters is 2. The molecule has 0 fully saturated rings. The van der Waals surface area contributed by atoms with Gasteiger partial charge in [0.15, 0.2) is 23.0 Å². The average molecular weight is 617 g/mol. The van der Waals surface area contributed by atoms with Crippen molar-refractivity contribution in [3.8, 4) is 17.2 Å². The second-order valence-electron chi connectivity index (χ2n) is 10.4. The Labute approximate surface area is 263 Å². The van der Waals surface area contributed by atoms with Gasteiger partial charge in [-0.2, -0.15) is 0 Å². The topological polar surface area (TPSA) is 179 Å². The third-order valence-corrected chi connectivity index (χ3v) is 7.33. The van der Waals surface area contributed by atoms with E-state index in [1.807, 2.05) is 0 Å². The van der Waals surface area contributed by atoms with Gasteiger partial charge in [0.1, 0.15) is 5.75 Å². The second-order valence-corrected chi connectivity index (χ2v) is 10.4. The Hall–Kier alpha value is -6.42. The number of carbonyl (C=O) groups is 4. The highest BCUT2D eigenvalue weighted by Gasteiger charge is 2.32. The highest BCUT2D eigenvalue weighted by molar-refractivity contribution is 6.26. The summed E-state index contributed by atoms with van der Waals surface area (Å²) in [5.74, 6) is -2.63. The number of Topliss-reactive ketones (excluding diaryl/α,β-unsaturated/α-hetero) is 2. The number of hydrogen-bond acceptors (Lipinski definition) is 10. The van der Waals surface area contributed by atoms with E-state index >= 15 is 0 Å². The van der Waals surface area contributed by atoms with Crippen molar-refractivity contribution >= 4 is 45.7 Å². The number of nitrogens with two attached hydrogens (primary N) is 2. The molecule has 0 saturated heterocycles. The lowest BCUT2D eigenvalue weighted by Gasteiger charge is -2.18. The fourth-order valence-electron chi connectivity index (χ4n) is 4.77. The molecule has 0 saturated carbocycles. The number of rotatable bonds is 4. The molecule has 6 rings (SSSR count). The summed E-state index contributed by atoms with van der Waals surface area (Å²) in [6.07, 6.45) is 0. The first-order valence-corrected chi connectivity index (χ1v) is 14.0. The van der Waals surface area contributed by atoms with E-state index < -0.39 is 17.7 Å². The molecule has 5 aromatic rings. The number of hydrogen-bond donors (Lipinski definition) is 4. The lowest BCUT2D eigenvalue weighted by molar-refractivity contribution is 0.0580. The molecule has 1 aliphatic carbocycles. The molecule has 0 heterocycles. The molecule has 0 spiro atoms. The molecular weight excluding hydrogens is 588 g/mol. The van der Waals surface area contributed by atoms with E-state index in [9.17, 15) is 29.4 Å². The Kier molecular flexibility index (Phi) is 8.54. The Balaban J connectivity index is 0.000000181. The van der Waals surface area contributed by atoms with Gasteiger partial charge in [-0.1, -0.05) is 48.5 Å². The SMILES string of the molecule is CC1=C(OC(=O)c2ccc(N)cc2)C(=O)c2ccccc2C1=O.Cc1c(OC(=O)c2ccc(N)cc2)c(O)c2ccccc2c1O. The smallest absolute Gasteiger partial charge is 0.343 e. The molecular formula is C36H28N2O8. The highest BCUT2D eigenvalue weighted by atomic mass is 16.5. The summed E-state index contributed by atoms with van der Waals surface area (Å²) in [7, 11) is 0. The van der Waals surface area contributed by atoms with Gasteiger partial charge >= 0.3 is 11.9 Å². The predicted molar refractivity (Wildman–Crippen MR) is 172 cm³/mol. The maximum Gasteiger partial charge on any atom is 0.343 e. The van der Waals surface area contributed by atoms with Gasteiger partial charge in [-0.3, -0.25) is 9.59 Å². The lowest BCUT2D eigenvalue weighted by atomic mass is 9.89. The molecule has 10 heteroatoms. The summed E-state index contributed by atoms with van der Waals surface area (Å²) >= 11 is 0. The van der Waals surface area contributed by atoms with Crippen LogP contribution in [-0.2, 0) is 4.74 Å². The fourth-order valence-corrected chi connectivity index (χ4v) is 4.77. The molecule has 0 unspecified atom stereocenters. The largest absolute Gasteiger partial charge is 0.507 e. The third-order valence-electron chi connectivity index (χ3n) is 7.33. The van der Waals surface area contributed by atoms with Crippen LogP contribution in [0.1, 0.15) is 53.9 Å². The van der Waals surface area contributed by atoms with Gasteiger partial charge < -0.3 is 31.2 Å². The first-order chi connectivity index (χ1) is 22.0. The minimum atomic E-state index is -0.708. The Morgan fingerprint density at radius 2 is 1.02 bits per heavy atom. The summed E-state index contributed by atoms with van der Waals surface area (Å²) in [5, 5.41) is 21.6. The van der Waals surface area contributed by atoms with Crippen molar-refractivity contribution in [2.75, 3.05) is 11.5 Å². The molecule has 0 aromatic heterocycles. The van der Waals surface area contributed by atoms with Crippen molar-refractivity contribution in [1.29, 1.82) is 0 Å². The number of benzene rings is 5. The van der Waals surface area contributed by atoms with Crippen LogP contribution in [0.25, 0.3) is 10.8 Å². The van der Waals surface area contributed by atoms with Gasteiger partial charge in [0.2, 0.25) is 5.78 Å². The molecule has 0 bridgehead atoms. The number of phenols is 2.